The molecule has 0 spiro atoms. The zero-order valence-electron chi connectivity index (χ0n) is 16.9. The molecule has 0 atom stereocenters. The van der Waals surface area contributed by atoms with Gasteiger partial charge in [-0.05, 0) is 38.3 Å². The fourth-order valence-electron chi connectivity index (χ4n) is 3.66. The normalized spacial score (nSPS) is 16.8. The van der Waals surface area contributed by atoms with Crippen LogP contribution in [-0.2, 0) is 16.7 Å². The van der Waals surface area contributed by atoms with E-state index in [4.69, 9.17) is 21.3 Å². The van der Waals surface area contributed by atoms with Gasteiger partial charge >= 0.3 is 0 Å². The summed E-state index contributed by atoms with van der Waals surface area (Å²) < 4.78 is 5.64. The molecule has 7 heteroatoms. The molecular weight excluding hydrogens is 392 g/mol. The first-order valence-corrected chi connectivity index (χ1v) is 11.0. The van der Waals surface area contributed by atoms with Crippen molar-refractivity contribution in [3.63, 3.8) is 0 Å². The summed E-state index contributed by atoms with van der Waals surface area (Å²) in [6.45, 7) is 7.85. The second kappa shape index (κ2) is 9.72. The van der Waals surface area contributed by atoms with Crippen LogP contribution in [0, 0.1) is 6.92 Å². The number of guanidine groups is 1. The number of hydrogen-bond acceptors (Lipinski definition) is 4. The Bertz CT molecular complexity index is 801. The van der Waals surface area contributed by atoms with Crippen LogP contribution >= 0.6 is 22.9 Å². The Morgan fingerprint density at radius 1 is 1.36 bits per heavy atom. The van der Waals surface area contributed by atoms with Crippen molar-refractivity contribution in [2.24, 2.45) is 4.99 Å². The zero-order chi connectivity index (χ0) is 20.0. The molecule has 1 aromatic carbocycles. The number of hydrogen-bond donors (Lipinski definition) is 1. The fourth-order valence-corrected chi connectivity index (χ4v) is 4.60. The van der Waals surface area contributed by atoms with E-state index >= 15 is 0 Å². The van der Waals surface area contributed by atoms with Gasteiger partial charge in [0.15, 0.2) is 5.96 Å². The highest BCUT2D eigenvalue weighted by atomic mass is 35.5. The minimum absolute atomic E-state index is 0.0880. The Morgan fingerprint density at radius 3 is 2.75 bits per heavy atom. The molecule has 1 saturated heterocycles. The van der Waals surface area contributed by atoms with Crippen LogP contribution < -0.4 is 5.32 Å². The summed E-state index contributed by atoms with van der Waals surface area (Å²) in [5, 5.41) is 7.43. The van der Waals surface area contributed by atoms with Crippen LogP contribution in [0.3, 0.4) is 0 Å². The Balaban J connectivity index is 1.83. The lowest BCUT2D eigenvalue weighted by atomic mass is 9.74. The molecule has 0 saturated carbocycles. The maximum absolute atomic E-state index is 6.57. The van der Waals surface area contributed by atoms with E-state index in [2.05, 4.69) is 46.7 Å². The summed E-state index contributed by atoms with van der Waals surface area (Å²) >= 11 is 8.25. The van der Waals surface area contributed by atoms with E-state index in [1.165, 1.54) is 5.56 Å². The second-order valence-corrected chi connectivity index (χ2v) is 8.73. The van der Waals surface area contributed by atoms with Gasteiger partial charge in [-0.2, -0.15) is 0 Å². The highest BCUT2D eigenvalue weighted by molar-refractivity contribution is 7.09. The van der Waals surface area contributed by atoms with Crippen molar-refractivity contribution in [3.8, 4) is 0 Å². The Labute approximate surface area is 176 Å². The van der Waals surface area contributed by atoms with Crippen LogP contribution in [0.15, 0.2) is 34.6 Å². The van der Waals surface area contributed by atoms with E-state index in [0.717, 1.165) is 60.8 Å². The van der Waals surface area contributed by atoms with Crippen LogP contribution in [0.25, 0.3) is 0 Å². The summed E-state index contributed by atoms with van der Waals surface area (Å²) in [7, 11) is 2.06. The number of aromatic nitrogens is 1. The first-order chi connectivity index (χ1) is 13.5. The van der Waals surface area contributed by atoms with Gasteiger partial charge in [-0.1, -0.05) is 29.8 Å². The summed E-state index contributed by atoms with van der Waals surface area (Å²) in [5.41, 5.74) is 2.16. The molecule has 1 N–H and O–H groups in total. The summed E-state index contributed by atoms with van der Waals surface area (Å²) in [5.74, 6) is 0.895. The maximum atomic E-state index is 6.57. The van der Waals surface area contributed by atoms with Crippen molar-refractivity contribution >= 4 is 28.9 Å². The molecule has 0 amide bonds. The van der Waals surface area contributed by atoms with Gasteiger partial charge in [0.05, 0.1) is 23.8 Å². The van der Waals surface area contributed by atoms with Gasteiger partial charge < -0.3 is 15.0 Å². The van der Waals surface area contributed by atoms with Crippen molar-refractivity contribution in [2.45, 2.75) is 38.6 Å². The van der Waals surface area contributed by atoms with Gasteiger partial charge in [0.25, 0.3) is 0 Å². The molecule has 0 aliphatic carbocycles. The molecule has 1 fully saturated rings. The molecule has 1 aliphatic rings. The number of thiazole rings is 1. The van der Waals surface area contributed by atoms with E-state index in [0.29, 0.717) is 6.54 Å². The minimum Gasteiger partial charge on any atom is -0.381 e. The number of nitrogens with one attached hydrogen (secondary N) is 1. The summed E-state index contributed by atoms with van der Waals surface area (Å²) in [4.78, 5) is 11.7. The molecule has 0 radical (unpaired) electrons. The van der Waals surface area contributed by atoms with Gasteiger partial charge in [0.1, 0.15) is 0 Å². The number of halogens is 1. The quantitative estimate of drug-likeness (QED) is 0.560. The predicted octanol–water partition coefficient (Wildman–Crippen LogP) is 4.25. The number of ether oxygens (including phenoxy) is 1. The molecule has 2 heterocycles. The molecule has 3 rings (SSSR count). The lowest BCUT2D eigenvalue weighted by molar-refractivity contribution is 0.0530. The number of rotatable bonds is 6. The van der Waals surface area contributed by atoms with Gasteiger partial charge in [-0.3, -0.25) is 4.99 Å². The minimum atomic E-state index is -0.0880. The van der Waals surface area contributed by atoms with Crippen molar-refractivity contribution in [1.29, 1.82) is 0 Å². The third-order valence-electron chi connectivity index (χ3n) is 5.19. The topological polar surface area (TPSA) is 49.8 Å². The summed E-state index contributed by atoms with van der Waals surface area (Å²) in [6.07, 6.45) is 1.85. The molecule has 0 bridgehead atoms. The highest BCUT2D eigenvalue weighted by Crippen LogP contribution is 2.39. The highest BCUT2D eigenvalue weighted by Gasteiger charge is 2.36. The number of aryl methyl sites for hydroxylation is 1. The lowest BCUT2D eigenvalue weighted by Gasteiger charge is -2.37. The maximum Gasteiger partial charge on any atom is 0.194 e. The average molecular weight is 421 g/mol. The van der Waals surface area contributed by atoms with E-state index in [-0.39, 0.29) is 5.41 Å². The van der Waals surface area contributed by atoms with Crippen molar-refractivity contribution in [1.82, 2.24) is 15.2 Å². The average Bonchev–Trinajstić information content (AvgIpc) is 3.10. The number of aliphatic imine (C=N–C) groups is 1. The lowest BCUT2D eigenvalue weighted by Crippen LogP contribution is -2.42. The zero-order valence-corrected chi connectivity index (χ0v) is 18.4. The molecular formula is C21H29ClN4OS. The van der Waals surface area contributed by atoms with Gasteiger partial charge in [0.2, 0.25) is 0 Å². The molecule has 2 aromatic rings. The van der Waals surface area contributed by atoms with Gasteiger partial charge in [-0.15, -0.1) is 11.3 Å². The first-order valence-electron chi connectivity index (χ1n) is 9.77. The van der Waals surface area contributed by atoms with Crippen LogP contribution in [0.5, 0.6) is 0 Å². The molecule has 28 heavy (non-hydrogen) atoms. The first kappa shape index (κ1) is 21.1. The summed E-state index contributed by atoms with van der Waals surface area (Å²) in [6, 6.07) is 8.15. The second-order valence-electron chi connectivity index (χ2n) is 7.26. The standard InChI is InChI=1S/C21H29ClN4OS/c1-4-23-20(26(3)13-17-14-28-16(2)25-17)24-15-21(9-11-27-12-10-21)18-7-5-6-8-19(18)22/h5-8,14H,4,9-13,15H2,1-3H3,(H,23,24). The smallest absolute Gasteiger partial charge is 0.194 e. The molecule has 5 nitrogen and oxygen atoms in total. The number of nitrogens with zero attached hydrogens (tertiary/aromatic N) is 3. The van der Waals surface area contributed by atoms with Crippen LogP contribution in [-0.4, -0.2) is 49.2 Å². The predicted molar refractivity (Wildman–Crippen MR) is 117 cm³/mol. The third-order valence-corrected chi connectivity index (χ3v) is 6.34. The molecule has 0 unspecified atom stereocenters. The van der Waals surface area contributed by atoms with E-state index in [9.17, 15) is 0 Å². The van der Waals surface area contributed by atoms with E-state index in [1.54, 1.807) is 11.3 Å². The van der Waals surface area contributed by atoms with Crippen molar-refractivity contribution in [3.05, 3.63) is 50.9 Å². The van der Waals surface area contributed by atoms with E-state index in [1.807, 2.05) is 19.1 Å². The Hall–Kier alpha value is -1.63. The fraction of sp³-hybridized carbons (Fsp3) is 0.524. The largest absolute Gasteiger partial charge is 0.381 e. The molecule has 1 aliphatic heterocycles. The van der Waals surface area contributed by atoms with Gasteiger partial charge in [-0.25, -0.2) is 4.98 Å². The SMILES string of the molecule is CCNC(=NCC1(c2ccccc2Cl)CCOCC1)N(C)Cc1csc(C)n1. The van der Waals surface area contributed by atoms with Crippen molar-refractivity contribution in [2.75, 3.05) is 33.4 Å². The van der Waals surface area contributed by atoms with Crippen LogP contribution in [0.4, 0.5) is 0 Å². The Kier molecular flexibility index (Phi) is 7.32. The van der Waals surface area contributed by atoms with Gasteiger partial charge in [0, 0.05) is 42.6 Å². The van der Waals surface area contributed by atoms with Crippen LogP contribution in [0.1, 0.15) is 36.0 Å². The van der Waals surface area contributed by atoms with Crippen LogP contribution in [0.2, 0.25) is 5.02 Å². The monoisotopic (exact) mass is 420 g/mol. The number of benzene rings is 1. The molecule has 1 aromatic heterocycles. The van der Waals surface area contributed by atoms with Crippen molar-refractivity contribution < 1.29 is 4.74 Å². The molecule has 152 valence electrons. The Morgan fingerprint density at radius 2 is 2.11 bits per heavy atom. The third kappa shape index (κ3) is 5.04. The van der Waals surface area contributed by atoms with E-state index < -0.39 is 0 Å².